The molecule has 2 atom stereocenters. The molecule has 1 N–H and O–H groups in total. The zero-order chi connectivity index (χ0) is 14.8. The summed E-state index contributed by atoms with van der Waals surface area (Å²) in [5, 5.41) is 7.03. The summed E-state index contributed by atoms with van der Waals surface area (Å²) in [6.45, 7) is 0.658. The summed E-state index contributed by atoms with van der Waals surface area (Å²) in [4.78, 5) is 16.8. The molecule has 0 unspecified atom stereocenters. The van der Waals surface area contributed by atoms with E-state index in [1.807, 2.05) is 24.9 Å². The molecule has 3 rings (SSSR count). The van der Waals surface area contributed by atoms with Gasteiger partial charge in [-0.1, -0.05) is 0 Å². The number of aryl methyl sites for hydroxylation is 2. The summed E-state index contributed by atoms with van der Waals surface area (Å²) < 4.78 is 9.37. The highest BCUT2D eigenvalue weighted by molar-refractivity contribution is 5.92. The van der Waals surface area contributed by atoms with E-state index in [9.17, 15) is 4.79 Å². The molecule has 7 nitrogen and oxygen atoms in total. The maximum atomic E-state index is 12.5. The fourth-order valence-corrected chi connectivity index (χ4v) is 2.66. The van der Waals surface area contributed by atoms with Crippen molar-refractivity contribution < 1.29 is 9.53 Å². The second-order valence-corrected chi connectivity index (χ2v) is 5.30. The lowest BCUT2D eigenvalue weighted by Crippen LogP contribution is -2.34. The summed E-state index contributed by atoms with van der Waals surface area (Å²) in [7, 11) is 3.73. The van der Waals surface area contributed by atoms with Crippen LogP contribution in [-0.2, 0) is 23.6 Å². The van der Waals surface area contributed by atoms with E-state index in [0.29, 0.717) is 12.4 Å². The molecule has 0 saturated carbocycles. The van der Waals surface area contributed by atoms with Gasteiger partial charge >= 0.3 is 0 Å². The molecule has 0 spiro atoms. The van der Waals surface area contributed by atoms with Gasteiger partial charge in [-0.2, -0.15) is 5.10 Å². The van der Waals surface area contributed by atoms with E-state index in [1.54, 1.807) is 23.1 Å². The fourth-order valence-electron chi connectivity index (χ4n) is 2.66. The second kappa shape index (κ2) is 5.69. The highest BCUT2D eigenvalue weighted by Crippen LogP contribution is 2.33. The molecule has 21 heavy (non-hydrogen) atoms. The van der Waals surface area contributed by atoms with Crippen LogP contribution in [0.15, 0.2) is 24.7 Å². The lowest BCUT2D eigenvalue weighted by atomic mass is 9.92. The van der Waals surface area contributed by atoms with Crippen LogP contribution >= 0.6 is 0 Å². The number of carbonyl (C=O) groups is 1. The first kappa shape index (κ1) is 13.8. The number of anilines is 1. The second-order valence-electron chi connectivity index (χ2n) is 5.30. The van der Waals surface area contributed by atoms with Gasteiger partial charge in [-0.15, -0.1) is 0 Å². The maximum absolute atomic E-state index is 12.5. The zero-order valence-electron chi connectivity index (χ0n) is 12.2. The third-order valence-corrected chi connectivity index (χ3v) is 3.74. The number of amides is 1. The minimum atomic E-state index is -0.303. The monoisotopic (exact) mass is 289 g/mol. The number of nitrogens with one attached hydrogen (secondary N) is 1. The number of rotatable bonds is 3. The summed E-state index contributed by atoms with van der Waals surface area (Å²) in [6.07, 6.45) is 6.74. The highest BCUT2D eigenvalue weighted by atomic mass is 16.5. The summed E-state index contributed by atoms with van der Waals surface area (Å²) >= 11 is 0. The van der Waals surface area contributed by atoms with Crippen LogP contribution in [0.5, 0.6) is 0 Å². The van der Waals surface area contributed by atoms with E-state index in [1.165, 1.54) is 0 Å². The van der Waals surface area contributed by atoms with Gasteiger partial charge in [0.1, 0.15) is 11.9 Å². The van der Waals surface area contributed by atoms with Gasteiger partial charge in [0, 0.05) is 45.4 Å². The van der Waals surface area contributed by atoms with Crippen molar-refractivity contribution in [2.45, 2.75) is 18.9 Å². The molecular weight excluding hydrogens is 270 g/mol. The Morgan fingerprint density at radius 3 is 2.95 bits per heavy atom. The third-order valence-electron chi connectivity index (χ3n) is 3.74. The minimum Gasteiger partial charge on any atom is -0.369 e. The van der Waals surface area contributed by atoms with Crippen molar-refractivity contribution >= 4 is 11.7 Å². The van der Waals surface area contributed by atoms with Crippen molar-refractivity contribution in [1.82, 2.24) is 19.3 Å². The van der Waals surface area contributed by atoms with E-state index in [4.69, 9.17) is 4.74 Å². The lowest BCUT2D eigenvalue weighted by molar-refractivity contribution is -0.130. The molecule has 7 heteroatoms. The van der Waals surface area contributed by atoms with Crippen LogP contribution in [0.25, 0.3) is 0 Å². The predicted octanol–water partition coefficient (Wildman–Crippen LogP) is 1.26. The molecule has 2 aromatic rings. The number of nitrogens with zero attached hydrogens (tertiary/aromatic N) is 4. The SMILES string of the molecule is Cn1ccc(NC(=O)[C@@H]2CCCO[C@H]2c2nccn2C)n1. The Morgan fingerprint density at radius 2 is 2.29 bits per heavy atom. The topological polar surface area (TPSA) is 74.0 Å². The van der Waals surface area contributed by atoms with Gasteiger partial charge in [0.25, 0.3) is 0 Å². The van der Waals surface area contributed by atoms with Crippen LogP contribution in [0.1, 0.15) is 24.8 Å². The van der Waals surface area contributed by atoms with Crippen LogP contribution in [0.3, 0.4) is 0 Å². The predicted molar refractivity (Wildman–Crippen MR) is 76.5 cm³/mol. The smallest absolute Gasteiger partial charge is 0.231 e. The van der Waals surface area contributed by atoms with Gasteiger partial charge in [0.05, 0.1) is 5.92 Å². The van der Waals surface area contributed by atoms with Gasteiger partial charge in [-0.3, -0.25) is 9.48 Å². The van der Waals surface area contributed by atoms with Gasteiger partial charge in [-0.25, -0.2) is 4.98 Å². The van der Waals surface area contributed by atoms with Crippen LogP contribution in [-0.4, -0.2) is 31.8 Å². The van der Waals surface area contributed by atoms with Crippen molar-refractivity contribution in [3.8, 4) is 0 Å². The van der Waals surface area contributed by atoms with Crippen molar-refractivity contribution in [1.29, 1.82) is 0 Å². The highest BCUT2D eigenvalue weighted by Gasteiger charge is 2.35. The zero-order valence-corrected chi connectivity index (χ0v) is 12.2. The van der Waals surface area contributed by atoms with Crippen molar-refractivity contribution in [3.05, 3.63) is 30.5 Å². The number of aromatic nitrogens is 4. The van der Waals surface area contributed by atoms with Gasteiger partial charge in [-0.05, 0) is 12.8 Å². The summed E-state index contributed by atoms with van der Waals surface area (Å²) in [6, 6.07) is 1.78. The van der Waals surface area contributed by atoms with E-state index < -0.39 is 0 Å². The minimum absolute atomic E-state index is 0.0681. The molecule has 1 aliphatic rings. The first-order chi connectivity index (χ1) is 10.1. The van der Waals surface area contributed by atoms with E-state index in [0.717, 1.165) is 18.7 Å². The van der Waals surface area contributed by atoms with E-state index in [-0.39, 0.29) is 17.9 Å². The molecule has 0 aromatic carbocycles. The molecule has 1 aliphatic heterocycles. The Labute approximate surface area is 122 Å². The van der Waals surface area contributed by atoms with Gasteiger partial charge < -0.3 is 14.6 Å². The number of imidazole rings is 1. The number of carbonyl (C=O) groups excluding carboxylic acids is 1. The molecular formula is C14H19N5O2. The Hall–Kier alpha value is -2.15. The van der Waals surface area contributed by atoms with E-state index in [2.05, 4.69) is 15.4 Å². The van der Waals surface area contributed by atoms with Crippen LogP contribution in [0.2, 0.25) is 0 Å². The molecule has 0 radical (unpaired) electrons. The summed E-state index contributed by atoms with van der Waals surface area (Å²) in [5.41, 5.74) is 0. The van der Waals surface area contributed by atoms with Crippen LogP contribution in [0, 0.1) is 5.92 Å². The number of hydrogen-bond acceptors (Lipinski definition) is 4. The molecule has 112 valence electrons. The van der Waals surface area contributed by atoms with E-state index >= 15 is 0 Å². The molecule has 0 bridgehead atoms. The number of hydrogen-bond donors (Lipinski definition) is 1. The largest absolute Gasteiger partial charge is 0.369 e. The molecule has 1 fully saturated rings. The normalized spacial score (nSPS) is 22.2. The molecule has 3 heterocycles. The van der Waals surface area contributed by atoms with Crippen molar-refractivity contribution in [2.24, 2.45) is 20.0 Å². The Bertz CT molecular complexity index is 633. The molecule has 2 aromatic heterocycles. The molecule has 1 amide bonds. The maximum Gasteiger partial charge on any atom is 0.231 e. The quantitative estimate of drug-likeness (QED) is 0.923. The molecule has 0 aliphatic carbocycles. The standard InChI is InChI=1S/C14H19N5O2/c1-18-8-6-15-13(18)12-10(4-3-9-21-12)14(20)16-11-5-7-19(2)17-11/h5-8,10,12H,3-4,9H2,1-2H3,(H,16,17,20)/t10-,12-/m1/s1. The fraction of sp³-hybridized carbons (Fsp3) is 0.500. The lowest BCUT2D eigenvalue weighted by Gasteiger charge is -2.30. The van der Waals surface area contributed by atoms with Crippen molar-refractivity contribution in [2.75, 3.05) is 11.9 Å². The van der Waals surface area contributed by atoms with Crippen LogP contribution < -0.4 is 5.32 Å². The van der Waals surface area contributed by atoms with Gasteiger partial charge in [0.2, 0.25) is 5.91 Å². The third kappa shape index (κ3) is 2.82. The Kier molecular flexibility index (Phi) is 3.74. The van der Waals surface area contributed by atoms with Crippen LogP contribution in [0.4, 0.5) is 5.82 Å². The first-order valence-electron chi connectivity index (χ1n) is 7.04. The average Bonchev–Trinajstić information content (AvgIpc) is 3.07. The first-order valence-corrected chi connectivity index (χ1v) is 7.04. The Morgan fingerprint density at radius 1 is 1.43 bits per heavy atom. The summed E-state index contributed by atoms with van der Waals surface area (Å²) in [5.74, 6) is 1.03. The molecule has 1 saturated heterocycles. The Balaban J connectivity index is 1.77. The van der Waals surface area contributed by atoms with Crippen molar-refractivity contribution in [3.63, 3.8) is 0 Å². The van der Waals surface area contributed by atoms with Gasteiger partial charge in [0.15, 0.2) is 5.82 Å². The average molecular weight is 289 g/mol. The number of ether oxygens (including phenoxy) is 1.